The van der Waals surface area contributed by atoms with Gasteiger partial charge in [-0.25, -0.2) is 0 Å². The minimum absolute atomic E-state index is 0.311. The lowest BCUT2D eigenvalue weighted by Gasteiger charge is -2.26. The lowest BCUT2D eigenvalue weighted by Crippen LogP contribution is -2.33. The Morgan fingerprint density at radius 3 is 2.52 bits per heavy atom. The largest absolute Gasteiger partial charge is 0.490 e. The van der Waals surface area contributed by atoms with E-state index in [0.29, 0.717) is 11.3 Å². The Labute approximate surface area is 131 Å². The summed E-state index contributed by atoms with van der Waals surface area (Å²) in [7, 11) is 0. The molecule has 4 heteroatoms. The first-order valence-corrected chi connectivity index (χ1v) is 9.03. The zero-order valence-corrected chi connectivity index (χ0v) is 13.4. The Balaban J connectivity index is 1.69. The Kier molecular flexibility index (Phi) is 5.31. The summed E-state index contributed by atoms with van der Waals surface area (Å²) in [6.45, 7) is 1.48. The molecule has 3 nitrogen and oxygen atoms in total. The highest BCUT2D eigenvalue weighted by Crippen LogP contribution is 2.37. The summed E-state index contributed by atoms with van der Waals surface area (Å²) in [6, 6.07) is 6.61. The highest BCUT2D eigenvalue weighted by molar-refractivity contribution is 8.00. The van der Waals surface area contributed by atoms with E-state index in [1.807, 2.05) is 17.8 Å². The molecule has 0 spiro atoms. The van der Waals surface area contributed by atoms with Gasteiger partial charge in [0.15, 0.2) is 11.5 Å². The molecule has 0 saturated heterocycles. The highest BCUT2D eigenvalue weighted by atomic mass is 32.2. The molecule has 2 N–H and O–H groups in total. The van der Waals surface area contributed by atoms with Gasteiger partial charge in [0, 0.05) is 22.6 Å². The third kappa shape index (κ3) is 4.07. The van der Waals surface area contributed by atoms with Crippen LogP contribution in [-0.4, -0.2) is 24.5 Å². The van der Waals surface area contributed by atoms with Crippen molar-refractivity contribution in [1.29, 1.82) is 0 Å². The number of hydrogen-bond donors (Lipinski definition) is 1. The van der Waals surface area contributed by atoms with Crippen molar-refractivity contribution in [2.45, 2.75) is 61.1 Å². The van der Waals surface area contributed by atoms with Gasteiger partial charge in [-0.2, -0.15) is 0 Å². The van der Waals surface area contributed by atoms with E-state index < -0.39 is 0 Å². The monoisotopic (exact) mass is 307 g/mol. The number of rotatable bonds is 2. The van der Waals surface area contributed by atoms with Crippen molar-refractivity contribution < 1.29 is 9.47 Å². The molecule has 0 aromatic heterocycles. The predicted octanol–water partition coefficient (Wildman–Crippen LogP) is 3.99. The normalized spacial score (nSPS) is 26.5. The number of thioether (sulfide) groups is 1. The highest BCUT2D eigenvalue weighted by Gasteiger charge is 2.21. The van der Waals surface area contributed by atoms with Crippen LogP contribution in [-0.2, 0) is 0 Å². The van der Waals surface area contributed by atoms with Gasteiger partial charge in [-0.15, -0.1) is 11.8 Å². The lowest BCUT2D eigenvalue weighted by atomic mass is 9.97. The number of nitrogens with two attached hydrogens (primary N) is 1. The molecule has 1 aromatic rings. The number of benzene rings is 1. The molecular formula is C17H25NO2S. The molecule has 2 aliphatic rings. The second-order valence-corrected chi connectivity index (χ2v) is 7.28. The average molecular weight is 307 g/mol. The van der Waals surface area contributed by atoms with Gasteiger partial charge in [0.05, 0.1) is 13.2 Å². The Morgan fingerprint density at radius 2 is 1.67 bits per heavy atom. The van der Waals surface area contributed by atoms with Crippen LogP contribution in [0.25, 0.3) is 0 Å². The topological polar surface area (TPSA) is 44.5 Å². The third-order valence-electron chi connectivity index (χ3n) is 4.26. The number of ether oxygens (including phenoxy) is 2. The van der Waals surface area contributed by atoms with Gasteiger partial charge in [-0.05, 0) is 31.0 Å². The van der Waals surface area contributed by atoms with E-state index in [2.05, 4.69) is 12.1 Å². The second kappa shape index (κ2) is 7.41. The van der Waals surface area contributed by atoms with E-state index in [1.54, 1.807) is 0 Å². The summed E-state index contributed by atoms with van der Waals surface area (Å²) in [5.41, 5.74) is 6.38. The fourth-order valence-electron chi connectivity index (χ4n) is 3.02. The van der Waals surface area contributed by atoms with Crippen molar-refractivity contribution >= 4 is 11.8 Å². The SMILES string of the molecule is NC1CCCCCCC1Sc1ccc2c(c1)OCCCO2. The quantitative estimate of drug-likeness (QED) is 0.897. The first-order chi connectivity index (χ1) is 10.3. The predicted molar refractivity (Wildman–Crippen MR) is 87.4 cm³/mol. The summed E-state index contributed by atoms with van der Waals surface area (Å²) < 4.78 is 11.5. The van der Waals surface area contributed by atoms with E-state index >= 15 is 0 Å². The van der Waals surface area contributed by atoms with Crippen molar-refractivity contribution in [3.8, 4) is 11.5 Å². The maximum atomic E-state index is 6.38. The van der Waals surface area contributed by atoms with Gasteiger partial charge in [0.2, 0.25) is 0 Å². The minimum Gasteiger partial charge on any atom is -0.490 e. The molecule has 1 fully saturated rings. The Hall–Kier alpha value is -0.870. The van der Waals surface area contributed by atoms with Crippen LogP contribution < -0.4 is 15.2 Å². The Morgan fingerprint density at radius 1 is 0.905 bits per heavy atom. The summed E-state index contributed by atoms with van der Waals surface area (Å²) in [6.07, 6.45) is 8.60. The van der Waals surface area contributed by atoms with Crippen LogP contribution in [0, 0.1) is 0 Å². The lowest BCUT2D eigenvalue weighted by molar-refractivity contribution is 0.297. The van der Waals surface area contributed by atoms with Gasteiger partial charge in [-0.1, -0.05) is 25.7 Å². The van der Waals surface area contributed by atoms with Crippen molar-refractivity contribution in [2.75, 3.05) is 13.2 Å². The van der Waals surface area contributed by atoms with Gasteiger partial charge in [0.1, 0.15) is 0 Å². The molecule has 1 aliphatic heterocycles. The van der Waals surface area contributed by atoms with Crippen LogP contribution >= 0.6 is 11.8 Å². The first kappa shape index (κ1) is 15.0. The first-order valence-electron chi connectivity index (χ1n) is 8.15. The van der Waals surface area contributed by atoms with Crippen LogP contribution in [0.1, 0.15) is 44.9 Å². The van der Waals surface area contributed by atoms with E-state index in [9.17, 15) is 0 Å². The third-order valence-corrected chi connectivity index (χ3v) is 5.67. The summed E-state index contributed by atoms with van der Waals surface area (Å²) in [5.74, 6) is 1.76. The van der Waals surface area contributed by atoms with Gasteiger partial charge in [-0.3, -0.25) is 0 Å². The molecule has 21 heavy (non-hydrogen) atoms. The molecule has 0 amide bonds. The minimum atomic E-state index is 0.311. The summed E-state index contributed by atoms with van der Waals surface area (Å²) in [4.78, 5) is 1.25. The number of fused-ring (bicyclic) bond motifs is 1. The maximum absolute atomic E-state index is 6.38. The summed E-state index contributed by atoms with van der Waals surface area (Å²) >= 11 is 1.91. The fraction of sp³-hybridized carbons (Fsp3) is 0.647. The van der Waals surface area contributed by atoms with E-state index in [4.69, 9.17) is 15.2 Å². The molecule has 2 unspecified atom stereocenters. The van der Waals surface area contributed by atoms with Crippen molar-refractivity contribution in [3.05, 3.63) is 18.2 Å². The van der Waals surface area contributed by atoms with Crippen molar-refractivity contribution in [2.24, 2.45) is 5.73 Å². The van der Waals surface area contributed by atoms with Crippen LogP contribution in [0.15, 0.2) is 23.1 Å². The molecule has 1 heterocycles. The molecule has 1 aliphatic carbocycles. The molecule has 116 valence electrons. The maximum Gasteiger partial charge on any atom is 0.162 e. The molecule has 1 aromatic carbocycles. The van der Waals surface area contributed by atoms with Crippen molar-refractivity contribution in [1.82, 2.24) is 0 Å². The zero-order chi connectivity index (χ0) is 14.5. The second-order valence-electron chi connectivity index (χ2n) is 5.97. The van der Waals surface area contributed by atoms with Crippen LogP contribution in [0.4, 0.5) is 0 Å². The molecule has 3 rings (SSSR count). The van der Waals surface area contributed by atoms with Crippen LogP contribution in [0.5, 0.6) is 11.5 Å². The molecular weight excluding hydrogens is 282 g/mol. The van der Waals surface area contributed by atoms with Crippen LogP contribution in [0.2, 0.25) is 0 Å². The molecule has 2 atom stereocenters. The molecule has 0 radical (unpaired) electrons. The summed E-state index contributed by atoms with van der Waals surface area (Å²) in [5, 5.41) is 0.523. The van der Waals surface area contributed by atoms with Crippen molar-refractivity contribution in [3.63, 3.8) is 0 Å². The van der Waals surface area contributed by atoms with E-state index in [-0.39, 0.29) is 0 Å². The van der Waals surface area contributed by atoms with Gasteiger partial charge >= 0.3 is 0 Å². The van der Waals surface area contributed by atoms with Gasteiger partial charge < -0.3 is 15.2 Å². The zero-order valence-electron chi connectivity index (χ0n) is 12.6. The van der Waals surface area contributed by atoms with Gasteiger partial charge in [0.25, 0.3) is 0 Å². The molecule has 1 saturated carbocycles. The van der Waals surface area contributed by atoms with Crippen LogP contribution in [0.3, 0.4) is 0 Å². The van der Waals surface area contributed by atoms with E-state index in [0.717, 1.165) is 37.6 Å². The fourth-order valence-corrected chi connectivity index (χ4v) is 4.28. The number of hydrogen-bond acceptors (Lipinski definition) is 4. The van der Waals surface area contributed by atoms with E-state index in [1.165, 1.54) is 37.0 Å². The molecule has 0 bridgehead atoms. The Bertz CT molecular complexity index is 466. The standard InChI is InChI=1S/C17H25NO2S/c18-14-6-3-1-2-4-7-17(14)21-13-8-9-15-16(12-13)20-11-5-10-19-15/h8-9,12,14,17H,1-7,10-11,18H2. The average Bonchev–Trinajstić information content (AvgIpc) is 2.72. The smallest absolute Gasteiger partial charge is 0.162 e.